The van der Waals surface area contributed by atoms with Crippen LogP contribution in [0.15, 0.2) is 29.3 Å². The Morgan fingerprint density at radius 2 is 1.95 bits per heavy atom. The fraction of sp³-hybridized carbons (Fsp3) is 0.467. The zero-order valence-corrected chi connectivity index (χ0v) is 12.0. The van der Waals surface area contributed by atoms with E-state index in [0.717, 1.165) is 13.0 Å². The number of likely N-dealkylation sites (N-methyl/N-ethyl adjacent to an activating group) is 1. The molecule has 0 spiro atoms. The molecule has 22 heavy (non-hydrogen) atoms. The van der Waals surface area contributed by atoms with E-state index in [4.69, 9.17) is 11.8 Å². The summed E-state index contributed by atoms with van der Waals surface area (Å²) in [6, 6.07) is 6.44. The van der Waals surface area contributed by atoms with Crippen molar-refractivity contribution in [3.8, 4) is 0 Å². The number of halogens is 3. The number of hydroxylamine groups is 2. The summed E-state index contributed by atoms with van der Waals surface area (Å²) < 4.78 is 38.9. The predicted molar refractivity (Wildman–Crippen MR) is 75.1 cm³/mol. The molecule has 1 aromatic carbocycles. The van der Waals surface area contributed by atoms with Gasteiger partial charge in [0.05, 0.1) is 6.04 Å². The van der Waals surface area contributed by atoms with E-state index in [0.29, 0.717) is 17.7 Å². The van der Waals surface area contributed by atoms with Gasteiger partial charge in [-0.2, -0.15) is 13.2 Å². The zero-order valence-electron chi connectivity index (χ0n) is 12.0. The molecule has 2 heterocycles. The van der Waals surface area contributed by atoms with Crippen LogP contribution in [0.1, 0.15) is 17.5 Å². The third-order valence-corrected chi connectivity index (χ3v) is 3.81. The average Bonchev–Trinajstić information content (AvgIpc) is 3.05. The number of hydrogen-bond donors (Lipinski definition) is 0. The Bertz CT molecular complexity index is 570. The van der Waals surface area contributed by atoms with Crippen LogP contribution in [0.2, 0.25) is 0 Å². The quantitative estimate of drug-likeness (QED) is 0.839. The van der Waals surface area contributed by atoms with Crippen LogP contribution < -0.4 is 0 Å². The summed E-state index contributed by atoms with van der Waals surface area (Å²) >= 11 is 0. The molecule has 4 nitrogen and oxygen atoms in total. The highest BCUT2D eigenvalue weighted by Crippen LogP contribution is 2.32. The molecule has 1 saturated heterocycles. The van der Waals surface area contributed by atoms with Gasteiger partial charge in [0.1, 0.15) is 0 Å². The maximum Gasteiger partial charge on any atom is 0.437 e. The second-order valence-electron chi connectivity index (χ2n) is 5.60. The first-order chi connectivity index (χ1) is 10.3. The smallest absolute Gasteiger partial charge is 0.304 e. The van der Waals surface area contributed by atoms with Gasteiger partial charge in [0, 0.05) is 18.7 Å². The molecule has 2 aliphatic heterocycles. The SMILES string of the molecule is [CH]c1ccc(C2=N[C@@H](C(F)(F)F)ON2C2CCN(C)C2)cc1. The molecule has 2 atom stereocenters. The average molecular weight is 311 g/mol. The molecule has 2 radical (unpaired) electrons. The van der Waals surface area contributed by atoms with Crippen molar-refractivity contribution in [1.82, 2.24) is 9.96 Å². The van der Waals surface area contributed by atoms with E-state index in [1.807, 2.05) is 7.05 Å². The number of hydrogen-bond acceptors (Lipinski definition) is 4. The monoisotopic (exact) mass is 311 g/mol. The van der Waals surface area contributed by atoms with Crippen molar-refractivity contribution in [1.29, 1.82) is 0 Å². The minimum atomic E-state index is -4.53. The Morgan fingerprint density at radius 3 is 2.50 bits per heavy atom. The maximum atomic E-state index is 13.0. The van der Waals surface area contributed by atoms with Gasteiger partial charge in [-0.25, -0.2) is 14.9 Å². The molecule has 118 valence electrons. The summed E-state index contributed by atoms with van der Waals surface area (Å²) in [6.45, 7) is 7.08. The first kappa shape index (κ1) is 15.3. The Hall–Kier alpha value is -1.60. The van der Waals surface area contributed by atoms with Gasteiger partial charge in [-0.1, -0.05) is 24.3 Å². The Kier molecular flexibility index (Phi) is 3.86. The van der Waals surface area contributed by atoms with Crippen molar-refractivity contribution >= 4 is 5.84 Å². The number of amidine groups is 1. The van der Waals surface area contributed by atoms with Crippen LogP contribution in [0, 0.1) is 6.92 Å². The molecule has 3 rings (SSSR count). The highest BCUT2D eigenvalue weighted by molar-refractivity contribution is 5.99. The fourth-order valence-corrected chi connectivity index (χ4v) is 2.68. The van der Waals surface area contributed by atoms with Gasteiger partial charge in [0.25, 0.3) is 6.23 Å². The van der Waals surface area contributed by atoms with Crippen LogP contribution in [-0.2, 0) is 4.84 Å². The number of rotatable bonds is 2. The lowest BCUT2D eigenvalue weighted by molar-refractivity contribution is -0.268. The van der Waals surface area contributed by atoms with E-state index in [2.05, 4.69) is 9.89 Å². The Labute approximate surface area is 127 Å². The number of likely N-dealkylation sites (tertiary alicyclic amines) is 1. The third kappa shape index (κ3) is 2.96. The molecule has 0 amide bonds. The van der Waals surface area contributed by atoms with Crippen molar-refractivity contribution in [3.63, 3.8) is 0 Å². The third-order valence-electron chi connectivity index (χ3n) is 3.81. The fourth-order valence-electron chi connectivity index (χ4n) is 2.68. The Balaban J connectivity index is 1.91. The van der Waals surface area contributed by atoms with Crippen LogP contribution in [0.3, 0.4) is 0 Å². The summed E-state index contributed by atoms with van der Waals surface area (Å²) in [5, 5.41) is 1.31. The van der Waals surface area contributed by atoms with Crippen molar-refractivity contribution < 1.29 is 18.0 Å². The molecule has 0 N–H and O–H groups in total. The van der Waals surface area contributed by atoms with Crippen LogP contribution >= 0.6 is 0 Å². The molecule has 2 aliphatic rings. The van der Waals surface area contributed by atoms with Gasteiger partial charge in [0.2, 0.25) is 0 Å². The minimum Gasteiger partial charge on any atom is -0.304 e. The molecule has 1 fully saturated rings. The van der Waals surface area contributed by atoms with E-state index >= 15 is 0 Å². The minimum absolute atomic E-state index is 0.145. The van der Waals surface area contributed by atoms with E-state index in [-0.39, 0.29) is 11.9 Å². The molecular formula is C15H16F3N3O. The molecule has 0 saturated carbocycles. The van der Waals surface area contributed by atoms with E-state index in [1.54, 1.807) is 24.3 Å². The molecule has 0 bridgehead atoms. The van der Waals surface area contributed by atoms with Gasteiger partial charge in [-0.15, -0.1) is 0 Å². The predicted octanol–water partition coefficient (Wildman–Crippen LogP) is 2.33. The molecule has 1 unspecified atom stereocenters. The summed E-state index contributed by atoms with van der Waals surface area (Å²) in [5.41, 5.74) is 1.11. The number of benzene rings is 1. The van der Waals surface area contributed by atoms with Gasteiger partial charge >= 0.3 is 6.18 Å². The maximum absolute atomic E-state index is 13.0. The molecule has 7 heteroatoms. The standard InChI is InChI=1S/C15H16F3N3O/c1-10-3-5-11(6-4-10)13-19-14(15(16,17)18)22-21(13)12-7-8-20(2)9-12/h1,3-6,12,14H,7-9H2,2H3/t12?,14-/m1/s1. The molecule has 0 aromatic heterocycles. The molecule has 0 aliphatic carbocycles. The zero-order chi connectivity index (χ0) is 15.9. The summed E-state index contributed by atoms with van der Waals surface area (Å²) in [4.78, 5) is 10.9. The van der Waals surface area contributed by atoms with E-state index in [1.165, 1.54) is 5.06 Å². The normalized spacial score (nSPS) is 26.6. The number of nitrogens with zero attached hydrogens (tertiary/aromatic N) is 3. The van der Waals surface area contributed by atoms with Gasteiger partial charge in [-0.05, 0) is 26.0 Å². The van der Waals surface area contributed by atoms with Crippen LogP contribution in [-0.4, -0.2) is 54.4 Å². The van der Waals surface area contributed by atoms with Crippen LogP contribution in [0.25, 0.3) is 0 Å². The number of aliphatic imine (C=N–C) groups is 1. The first-order valence-electron chi connectivity index (χ1n) is 6.99. The van der Waals surface area contributed by atoms with E-state index < -0.39 is 12.4 Å². The van der Waals surface area contributed by atoms with Crippen LogP contribution in [0.4, 0.5) is 13.2 Å². The second kappa shape index (κ2) is 5.55. The van der Waals surface area contributed by atoms with Crippen molar-refractivity contribution in [2.45, 2.75) is 24.9 Å². The van der Waals surface area contributed by atoms with Crippen molar-refractivity contribution in [2.75, 3.05) is 20.1 Å². The van der Waals surface area contributed by atoms with Gasteiger partial charge < -0.3 is 4.90 Å². The highest BCUT2D eigenvalue weighted by atomic mass is 19.4. The Morgan fingerprint density at radius 1 is 1.27 bits per heavy atom. The van der Waals surface area contributed by atoms with E-state index in [9.17, 15) is 13.2 Å². The molecule has 1 aromatic rings. The lowest BCUT2D eigenvalue weighted by atomic mass is 10.1. The van der Waals surface area contributed by atoms with Gasteiger partial charge in [-0.3, -0.25) is 0 Å². The largest absolute Gasteiger partial charge is 0.437 e. The first-order valence-corrected chi connectivity index (χ1v) is 6.99. The van der Waals surface area contributed by atoms with Crippen LogP contribution in [0.5, 0.6) is 0 Å². The van der Waals surface area contributed by atoms with Gasteiger partial charge in [0.15, 0.2) is 5.84 Å². The second-order valence-corrected chi connectivity index (χ2v) is 5.60. The van der Waals surface area contributed by atoms with Crippen molar-refractivity contribution in [3.05, 3.63) is 42.3 Å². The topological polar surface area (TPSA) is 28.1 Å². The molecular weight excluding hydrogens is 295 g/mol. The summed E-state index contributed by atoms with van der Waals surface area (Å²) in [6.07, 6.45) is -5.95. The lowest BCUT2D eigenvalue weighted by Gasteiger charge is -2.26. The van der Waals surface area contributed by atoms with Crippen molar-refractivity contribution in [2.24, 2.45) is 4.99 Å². The number of alkyl halides is 3. The highest BCUT2D eigenvalue weighted by Gasteiger charge is 2.48. The summed E-state index contributed by atoms with van der Waals surface area (Å²) in [7, 11) is 1.93. The summed E-state index contributed by atoms with van der Waals surface area (Å²) in [5.74, 6) is 0.211. The lowest BCUT2D eigenvalue weighted by Crippen LogP contribution is -2.41.